The molecular weight excluding hydrogens is 539 g/mol. The molecule has 6 heteroatoms. The van der Waals surface area contributed by atoms with E-state index >= 15 is 0 Å². The molecule has 0 aromatic heterocycles. The Morgan fingerprint density at radius 3 is 1.07 bits per heavy atom. The van der Waals surface area contributed by atoms with Crippen molar-refractivity contribution in [3.63, 3.8) is 0 Å². The summed E-state index contributed by atoms with van der Waals surface area (Å²) in [5, 5.41) is 0. The fourth-order valence-corrected chi connectivity index (χ4v) is 20.8. The van der Waals surface area contributed by atoms with Crippen LogP contribution in [0, 0.1) is 0 Å². The van der Waals surface area contributed by atoms with Crippen LogP contribution in [-0.2, 0) is 8.23 Å². The topological polar surface area (TPSA) is 18.5 Å². The van der Waals surface area contributed by atoms with Gasteiger partial charge in [-0.1, -0.05) is 111 Å². The van der Waals surface area contributed by atoms with Gasteiger partial charge in [0, 0.05) is 0 Å². The van der Waals surface area contributed by atoms with Gasteiger partial charge in [-0.15, -0.1) is 0 Å². The monoisotopic (exact) mass is 617 g/mol. The van der Waals surface area contributed by atoms with E-state index in [0.29, 0.717) is 0 Å². The summed E-state index contributed by atoms with van der Waals surface area (Å²) in [6, 6.07) is 2.53. The first-order chi connectivity index (χ1) is 18.8. The van der Waals surface area contributed by atoms with E-state index in [4.69, 9.17) is 8.23 Å². The molecule has 0 saturated heterocycles. The second kappa shape index (κ2) is 23.0. The average molecular weight is 617 g/mol. The van der Waals surface area contributed by atoms with Crippen molar-refractivity contribution in [1.29, 1.82) is 0 Å². The second-order valence-electron chi connectivity index (χ2n) is 15.1. The highest BCUT2D eigenvalue weighted by atomic mass is 28.5. The summed E-state index contributed by atoms with van der Waals surface area (Å²) in [4.78, 5) is 0. The fraction of sp³-hybridized carbons (Fsp3) is 1.00. The Morgan fingerprint density at radius 2 is 0.700 bits per heavy atom. The molecule has 0 radical (unpaired) electrons. The summed E-state index contributed by atoms with van der Waals surface area (Å²) < 4.78 is 15.0. The zero-order valence-electron chi connectivity index (χ0n) is 29.7. The van der Waals surface area contributed by atoms with E-state index in [1.165, 1.54) is 158 Å². The maximum Gasteiger partial charge on any atom is 0.311 e. The second-order valence-corrected chi connectivity index (χ2v) is 27.5. The third kappa shape index (κ3) is 24.0. The lowest BCUT2D eigenvalue weighted by Crippen LogP contribution is -2.52. The molecule has 3 nitrogen and oxygen atoms in total. The van der Waals surface area contributed by atoms with Gasteiger partial charge in [-0.3, -0.25) is 0 Å². The summed E-state index contributed by atoms with van der Waals surface area (Å²) in [6.45, 7) is 25.3. The molecule has 0 aliphatic heterocycles. The Labute approximate surface area is 258 Å². The Morgan fingerprint density at radius 1 is 0.400 bits per heavy atom. The zero-order valence-corrected chi connectivity index (χ0v) is 32.7. The number of hydrogen-bond acceptors (Lipinski definition) is 2. The van der Waals surface area contributed by atoms with Gasteiger partial charge < -0.3 is 12.7 Å². The molecule has 0 spiro atoms. The smallest absolute Gasteiger partial charge is 0.311 e. The van der Waals surface area contributed by atoms with Crippen LogP contribution >= 0.6 is 0 Å². The number of rotatable bonds is 29. The Kier molecular flexibility index (Phi) is 23.3. The van der Waals surface area contributed by atoms with Gasteiger partial charge in [-0.2, -0.15) is 0 Å². The summed E-state index contributed by atoms with van der Waals surface area (Å²) in [5.41, 5.74) is 0. The van der Waals surface area contributed by atoms with Gasteiger partial charge >= 0.3 is 8.56 Å². The van der Waals surface area contributed by atoms with Crippen LogP contribution in [0.1, 0.15) is 143 Å². The van der Waals surface area contributed by atoms with Gasteiger partial charge in [-0.25, -0.2) is 0 Å². The molecule has 0 fully saturated rings. The normalized spacial score (nSPS) is 13.3. The molecule has 0 aromatic carbocycles. The highest BCUT2D eigenvalue weighted by Crippen LogP contribution is 2.27. The van der Waals surface area contributed by atoms with Crippen molar-refractivity contribution < 1.29 is 12.7 Å². The van der Waals surface area contributed by atoms with E-state index in [1.807, 2.05) is 0 Å². The van der Waals surface area contributed by atoms with E-state index in [2.05, 4.69) is 67.1 Å². The molecule has 0 aromatic rings. The first-order valence-corrected chi connectivity index (χ1v) is 27.1. The van der Waals surface area contributed by atoms with Crippen molar-refractivity contribution in [1.82, 2.24) is 0 Å². The van der Waals surface area contributed by atoms with Crippen LogP contribution in [0.5, 0.6) is 0 Å². The van der Waals surface area contributed by atoms with Crippen LogP contribution in [0.4, 0.5) is 0 Å². The molecule has 0 rings (SSSR count). The standard InChI is InChI=1S/C34H78NO2Si3/c1-11-14-17-19-21-23-25-27-30-35(4,31-28-26-24-22-20-18-15-12-2)32-29-34-39(7,8)37-40(9,10)36-38(5,6)33-16-13-3/h11-34H2,1-10H3/q+1. The third-order valence-corrected chi connectivity index (χ3v) is 20.2. The molecule has 0 amide bonds. The number of unbranched alkanes of at least 4 members (excludes halogenated alkanes) is 15. The largest absolute Gasteiger partial charge is 0.437 e. The molecule has 0 aliphatic carbocycles. The van der Waals surface area contributed by atoms with Crippen LogP contribution < -0.4 is 0 Å². The molecule has 40 heavy (non-hydrogen) atoms. The van der Waals surface area contributed by atoms with Gasteiger partial charge in [0.1, 0.15) is 0 Å². The van der Waals surface area contributed by atoms with Crippen molar-refractivity contribution in [2.75, 3.05) is 26.7 Å². The summed E-state index contributed by atoms with van der Waals surface area (Å²) in [6.07, 6.45) is 26.6. The quantitative estimate of drug-likeness (QED) is 0.0473. The molecule has 0 unspecified atom stereocenters. The zero-order chi connectivity index (χ0) is 30.4. The number of hydrogen-bond donors (Lipinski definition) is 0. The summed E-state index contributed by atoms with van der Waals surface area (Å²) in [7, 11) is -2.88. The highest BCUT2D eigenvalue weighted by Gasteiger charge is 2.39. The van der Waals surface area contributed by atoms with Gasteiger partial charge in [-0.05, 0) is 83.5 Å². The van der Waals surface area contributed by atoms with Gasteiger partial charge in [0.05, 0.1) is 26.7 Å². The van der Waals surface area contributed by atoms with E-state index in [9.17, 15) is 0 Å². The van der Waals surface area contributed by atoms with E-state index < -0.39 is 25.2 Å². The Balaban J connectivity index is 4.76. The molecule has 0 N–H and O–H groups in total. The Hall–Kier alpha value is 0.531. The molecule has 0 heterocycles. The van der Waals surface area contributed by atoms with Crippen LogP contribution in [-0.4, -0.2) is 56.4 Å². The van der Waals surface area contributed by atoms with Gasteiger partial charge in [0.2, 0.25) is 0 Å². The van der Waals surface area contributed by atoms with E-state index in [0.717, 1.165) is 0 Å². The van der Waals surface area contributed by atoms with Crippen LogP contribution in [0.2, 0.25) is 51.4 Å². The third-order valence-electron chi connectivity index (χ3n) is 8.76. The van der Waals surface area contributed by atoms with Gasteiger partial charge in [0.25, 0.3) is 0 Å². The minimum atomic E-state index is -2.09. The molecule has 0 aliphatic rings. The highest BCUT2D eigenvalue weighted by molar-refractivity contribution is 6.87. The van der Waals surface area contributed by atoms with Crippen molar-refractivity contribution in [3.05, 3.63) is 0 Å². The van der Waals surface area contributed by atoms with Crippen LogP contribution in [0.3, 0.4) is 0 Å². The summed E-state index contributed by atoms with van der Waals surface area (Å²) >= 11 is 0. The van der Waals surface area contributed by atoms with Crippen molar-refractivity contribution in [2.24, 2.45) is 0 Å². The maximum atomic E-state index is 6.95. The van der Waals surface area contributed by atoms with Crippen molar-refractivity contribution >= 4 is 25.2 Å². The predicted octanol–water partition coefficient (Wildman–Crippen LogP) is 12.0. The SMILES string of the molecule is CCCCCCCCCC[N+](C)(CCCCCCCCCC)CCC[Si](C)(C)O[Si](C)(C)O[Si](C)(C)CCCC. The van der Waals surface area contributed by atoms with Crippen molar-refractivity contribution in [2.45, 2.75) is 194 Å². The molecule has 0 saturated carbocycles. The fourth-order valence-electron chi connectivity index (χ4n) is 6.53. The predicted molar refractivity (Wildman–Crippen MR) is 190 cm³/mol. The minimum Gasteiger partial charge on any atom is -0.437 e. The van der Waals surface area contributed by atoms with Gasteiger partial charge in [0.15, 0.2) is 16.6 Å². The average Bonchev–Trinajstić information content (AvgIpc) is 2.84. The maximum absolute atomic E-state index is 6.95. The van der Waals surface area contributed by atoms with E-state index in [-0.39, 0.29) is 0 Å². The van der Waals surface area contributed by atoms with Crippen LogP contribution in [0.25, 0.3) is 0 Å². The molecule has 0 atom stereocenters. The molecule has 242 valence electrons. The Bertz CT molecular complexity index is 564. The minimum absolute atomic E-state index is 1.26. The lowest BCUT2D eigenvalue weighted by molar-refractivity contribution is -0.910. The number of nitrogens with zero attached hydrogens (tertiary/aromatic N) is 1. The molecular formula is C34H78NO2Si3+. The lowest BCUT2D eigenvalue weighted by Gasteiger charge is -2.39. The lowest BCUT2D eigenvalue weighted by atomic mass is 10.1. The first-order valence-electron chi connectivity index (χ1n) is 18.0. The first kappa shape index (κ1) is 40.5. The van der Waals surface area contributed by atoms with Crippen LogP contribution in [0.15, 0.2) is 0 Å². The molecule has 0 bridgehead atoms. The van der Waals surface area contributed by atoms with Crippen molar-refractivity contribution in [3.8, 4) is 0 Å². The summed E-state index contributed by atoms with van der Waals surface area (Å²) in [5.74, 6) is 0. The number of quaternary nitrogens is 1. The van der Waals surface area contributed by atoms with E-state index in [1.54, 1.807) is 0 Å².